The molecule has 0 saturated carbocycles. The fourth-order valence-electron chi connectivity index (χ4n) is 1.12. The first-order valence-corrected chi connectivity index (χ1v) is 4.57. The standard InChI is InChI=1S/C9H10N4O2/c1-6(14)2-3-7-12-9(13-15-7)8-10-4-5-11-8/h4-5H,2-3H2,1H3,(H,10,11). The van der Waals surface area contributed by atoms with Gasteiger partial charge < -0.3 is 14.3 Å². The van der Waals surface area contributed by atoms with E-state index in [0.29, 0.717) is 30.4 Å². The van der Waals surface area contributed by atoms with E-state index in [4.69, 9.17) is 4.52 Å². The van der Waals surface area contributed by atoms with Gasteiger partial charge in [-0.15, -0.1) is 0 Å². The van der Waals surface area contributed by atoms with Gasteiger partial charge in [0.15, 0.2) is 5.82 Å². The monoisotopic (exact) mass is 206 g/mol. The fourth-order valence-corrected chi connectivity index (χ4v) is 1.12. The van der Waals surface area contributed by atoms with E-state index >= 15 is 0 Å². The highest BCUT2D eigenvalue weighted by Gasteiger charge is 2.10. The molecular formula is C9H10N4O2. The van der Waals surface area contributed by atoms with Crippen molar-refractivity contribution in [3.05, 3.63) is 18.3 Å². The second kappa shape index (κ2) is 4.04. The molecule has 0 spiro atoms. The number of hydrogen-bond donors (Lipinski definition) is 1. The lowest BCUT2D eigenvalue weighted by Crippen LogP contribution is -1.94. The molecule has 0 amide bonds. The highest BCUT2D eigenvalue weighted by Crippen LogP contribution is 2.10. The summed E-state index contributed by atoms with van der Waals surface area (Å²) in [6, 6.07) is 0. The number of H-pyrrole nitrogens is 1. The molecule has 6 nitrogen and oxygen atoms in total. The SMILES string of the molecule is CC(=O)CCc1nc(-c2ncc[nH]2)no1. The maximum atomic E-state index is 10.7. The van der Waals surface area contributed by atoms with Crippen LogP contribution < -0.4 is 0 Å². The van der Waals surface area contributed by atoms with Crippen molar-refractivity contribution in [2.45, 2.75) is 19.8 Å². The van der Waals surface area contributed by atoms with Crippen LogP contribution >= 0.6 is 0 Å². The van der Waals surface area contributed by atoms with Crippen molar-refractivity contribution < 1.29 is 9.32 Å². The molecule has 2 heterocycles. The van der Waals surface area contributed by atoms with Crippen molar-refractivity contribution in [2.24, 2.45) is 0 Å². The van der Waals surface area contributed by atoms with E-state index in [9.17, 15) is 4.79 Å². The summed E-state index contributed by atoms with van der Waals surface area (Å²) in [4.78, 5) is 21.7. The summed E-state index contributed by atoms with van der Waals surface area (Å²) < 4.78 is 4.97. The summed E-state index contributed by atoms with van der Waals surface area (Å²) in [5, 5.41) is 3.75. The van der Waals surface area contributed by atoms with Crippen LogP contribution in [0, 0.1) is 0 Å². The Bertz CT molecular complexity index is 446. The molecule has 2 rings (SSSR count). The van der Waals surface area contributed by atoms with Gasteiger partial charge in [-0.2, -0.15) is 4.98 Å². The van der Waals surface area contributed by atoms with Crippen LogP contribution in [0.25, 0.3) is 11.6 Å². The van der Waals surface area contributed by atoms with Gasteiger partial charge in [-0.25, -0.2) is 4.98 Å². The molecule has 0 radical (unpaired) electrons. The normalized spacial score (nSPS) is 10.5. The molecule has 0 fully saturated rings. The number of rotatable bonds is 4. The highest BCUT2D eigenvalue weighted by atomic mass is 16.5. The zero-order valence-electron chi connectivity index (χ0n) is 8.23. The van der Waals surface area contributed by atoms with Gasteiger partial charge in [-0.05, 0) is 6.92 Å². The highest BCUT2D eigenvalue weighted by molar-refractivity contribution is 5.75. The second-order valence-electron chi connectivity index (χ2n) is 3.15. The molecule has 78 valence electrons. The van der Waals surface area contributed by atoms with Crippen molar-refractivity contribution in [1.82, 2.24) is 20.1 Å². The first kappa shape index (κ1) is 9.57. The summed E-state index contributed by atoms with van der Waals surface area (Å²) in [5.41, 5.74) is 0. The number of carbonyl (C=O) groups excluding carboxylic acids is 1. The Morgan fingerprint density at radius 1 is 1.60 bits per heavy atom. The minimum atomic E-state index is 0.104. The predicted molar refractivity (Wildman–Crippen MR) is 50.9 cm³/mol. The number of ketones is 1. The average Bonchev–Trinajstić information content (AvgIpc) is 2.85. The van der Waals surface area contributed by atoms with Gasteiger partial charge in [0.1, 0.15) is 5.78 Å². The van der Waals surface area contributed by atoms with Gasteiger partial charge in [-0.3, -0.25) is 0 Å². The fraction of sp³-hybridized carbons (Fsp3) is 0.333. The minimum absolute atomic E-state index is 0.104. The Morgan fingerprint density at radius 2 is 2.47 bits per heavy atom. The van der Waals surface area contributed by atoms with Crippen LogP contribution in [0.15, 0.2) is 16.9 Å². The Balaban J connectivity index is 2.08. The third-order valence-corrected chi connectivity index (χ3v) is 1.87. The lowest BCUT2D eigenvalue weighted by atomic mass is 10.2. The Hall–Kier alpha value is -1.98. The quantitative estimate of drug-likeness (QED) is 0.805. The Morgan fingerprint density at radius 3 is 3.13 bits per heavy atom. The van der Waals surface area contributed by atoms with Crippen LogP contribution in [-0.2, 0) is 11.2 Å². The number of aryl methyl sites for hydroxylation is 1. The number of imidazole rings is 1. The first-order chi connectivity index (χ1) is 7.25. The molecule has 0 aromatic carbocycles. The molecular weight excluding hydrogens is 196 g/mol. The van der Waals surface area contributed by atoms with E-state index < -0.39 is 0 Å². The van der Waals surface area contributed by atoms with E-state index in [-0.39, 0.29) is 5.78 Å². The van der Waals surface area contributed by atoms with Gasteiger partial charge in [0.25, 0.3) is 0 Å². The van der Waals surface area contributed by atoms with Crippen molar-refractivity contribution in [1.29, 1.82) is 0 Å². The predicted octanol–water partition coefficient (Wildman–Crippen LogP) is 0.981. The van der Waals surface area contributed by atoms with Crippen LogP contribution in [0.4, 0.5) is 0 Å². The maximum Gasteiger partial charge on any atom is 0.238 e. The molecule has 0 aliphatic rings. The molecule has 6 heteroatoms. The van der Waals surface area contributed by atoms with Crippen LogP contribution in [-0.4, -0.2) is 25.9 Å². The number of Topliss-reactive ketones (excluding diaryl/α,β-unsaturated/α-hetero) is 1. The lowest BCUT2D eigenvalue weighted by Gasteiger charge is -1.87. The third kappa shape index (κ3) is 2.28. The summed E-state index contributed by atoms with van der Waals surface area (Å²) in [6.45, 7) is 1.53. The number of nitrogens with zero attached hydrogens (tertiary/aromatic N) is 3. The number of aromatic nitrogens is 4. The first-order valence-electron chi connectivity index (χ1n) is 4.57. The zero-order valence-corrected chi connectivity index (χ0v) is 8.23. The summed E-state index contributed by atoms with van der Waals surface area (Å²) in [6.07, 6.45) is 4.19. The van der Waals surface area contributed by atoms with Crippen LogP contribution in [0.3, 0.4) is 0 Å². The lowest BCUT2D eigenvalue weighted by molar-refractivity contribution is -0.117. The third-order valence-electron chi connectivity index (χ3n) is 1.87. The maximum absolute atomic E-state index is 10.7. The molecule has 1 N–H and O–H groups in total. The average molecular weight is 206 g/mol. The van der Waals surface area contributed by atoms with Gasteiger partial charge in [-0.1, -0.05) is 5.16 Å². The van der Waals surface area contributed by atoms with E-state index in [2.05, 4.69) is 20.1 Å². The summed E-state index contributed by atoms with van der Waals surface area (Å²) in [5.74, 6) is 1.54. The van der Waals surface area contributed by atoms with Gasteiger partial charge in [0.05, 0.1) is 0 Å². The van der Waals surface area contributed by atoms with E-state index in [1.54, 1.807) is 12.4 Å². The van der Waals surface area contributed by atoms with Gasteiger partial charge in [0, 0.05) is 25.2 Å². The minimum Gasteiger partial charge on any atom is -0.342 e. The van der Waals surface area contributed by atoms with E-state index in [1.165, 1.54) is 6.92 Å². The number of carbonyl (C=O) groups is 1. The van der Waals surface area contributed by atoms with Crippen molar-refractivity contribution in [3.8, 4) is 11.6 Å². The number of hydrogen-bond acceptors (Lipinski definition) is 5. The zero-order chi connectivity index (χ0) is 10.7. The molecule has 0 atom stereocenters. The van der Waals surface area contributed by atoms with E-state index in [1.807, 2.05) is 0 Å². The van der Waals surface area contributed by atoms with Gasteiger partial charge >= 0.3 is 0 Å². The molecule has 0 aliphatic heterocycles. The van der Waals surface area contributed by atoms with Crippen LogP contribution in [0.2, 0.25) is 0 Å². The number of nitrogens with one attached hydrogen (secondary N) is 1. The molecule has 0 bridgehead atoms. The van der Waals surface area contributed by atoms with Gasteiger partial charge in [0.2, 0.25) is 11.7 Å². The molecule has 2 aromatic rings. The second-order valence-corrected chi connectivity index (χ2v) is 3.15. The van der Waals surface area contributed by atoms with E-state index in [0.717, 1.165) is 0 Å². The Labute approximate surface area is 85.7 Å². The molecule has 0 unspecified atom stereocenters. The molecule has 15 heavy (non-hydrogen) atoms. The topological polar surface area (TPSA) is 84.7 Å². The summed E-state index contributed by atoms with van der Waals surface area (Å²) in [7, 11) is 0. The molecule has 0 aliphatic carbocycles. The Kier molecular flexibility index (Phi) is 2.57. The van der Waals surface area contributed by atoms with Crippen molar-refractivity contribution in [3.63, 3.8) is 0 Å². The smallest absolute Gasteiger partial charge is 0.238 e. The van der Waals surface area contributed by atoms with Crippen LogP contribution in [0.5, 0.6) is 0 Å². The number of aromatic amines is 1. The molecule has 2 aromatic heterocycles. The van der Waals surface area contributed by atoms with Crippen molar-refractivity contribution >= 4 is 5.78 Å². The molecule has 0 saturated heterocycles. The van der Waals surface area contributed by atoms with Crippen molar-refractivity contribution in [2.75, 3.05) is 0 Å². The summed E-state index contributed by atoms with van der Waals surface area (Å²) >= 11 is 0. The van der Waals surface area contributed by atoms with Crippen LogP contribution in [0.1, 0.15) is 19.2 Å². The largest absolute Gasteiger partial charge is 0.342 e.